The Bertz CT molecular complexity index is 738. The molecule has 0 spiro atoms. The van der Waals surface area contributed by atoms with Crippen molar-refractivity contribution in [3.05, 3.63) is 59.7 Å². The van der Waals surface area contributed by atoms with E-state index in [0.29, 0.717) is 23.6 Å². The number of aryl methyl sites for hydroxylation is 1. The lowest BCUT2D eigenvalue weighted by Gasteiger charge is -2.15. The van der Waals surface area contributed by atoms with Crippen LogP contribution in [0.2, 0.25) is 0 Å². The van der Waals surface area contributed by atoms with Gasteiger partial charge < -0.3 is 14.8 Å². The smallest absolute Gasteiger partial charge is 0.338 e. The molecule has 1 atom stereocenters. The van der Waals surface area contributed by atoms with Crippen LogP contribution in [0.4, 0.5) is 5.69 Å². The summed E-state index contributed by atoms with van der Waals surface area (Å²) in [5.74, 6) is 0.0370. The van der Waals surface area contributed by atoms with Crippen molar-refractivity contribution in [1.82, 2.24) is 0 Å². The van der Waals surface area contributed by atoms with Crippen LogP contribution < -0.4 is 10.1 Å². The molecule has 0 saturated carbocycles. The van der Waals surface area contributed by atoms with E-state index in [1.807, 2.05) is 31.2 Å². The Kier molecular flexibility index (Phi) is 7.86. The lowest BCUT2D eigenvalue weighted by atomic mass is 10.2. The molecule has 0 fully saturated rings. The number of benzene rings is 2. The number of carbonyl (C=O) groups excluding carboxylic acids is 2. The van der Waals surface area contributed by atoms with Crippen LogP contribution in [0.25, 0.3) is 0 Å². The molecule has 0 aromatic heterocycles. The molecule has 0 saturated heterocycles. The standard InChI is InChI=1S/C22H27NO4/c1-4-5-6-15-26-22(25)18-9-11-19(12-10-18)23-21(24)17(3)27-20-13-7-16(2)8-14-20/h7-14,17H,4-6,15H2,1-3H3,(H,23,24). The van der Waals surface area contributed by atoms with Crippen molar-refractivity contribution in [1.29, 1.82) is 0 Å². The van der Waals surface area contributed by atoms with Crippen molar-refractivity contribution < 1.29 is 19.1 Å². The summed E-state index contributed by atoms with van der Waals surface area (Å²) in [5, 5.41) is 2.78. The number of hydrogen-bond acceptors (Lipinski definition) is 4. The van der Waals surface area contributed by atoms with Gasteiger partial charge in [-0.05, 0) is 56.7 Å². The Morgan fingerprint density at radius 3 is 2.30 bits per heavy atom. The van der Waals surface area contributed by atoms with Gasteiger partial charge in [0, 0.05) is 5.69 Å². The molecule has 0 aliphatic heterocycles. The summed E-state index contributed by atoms with van der Waals surface area (Å²) in [7, 11) is 0. The molecule has 0 aliphatic rings. The van der Waals surface area contributed by atoms with Gasteiger partial charge in [-0.25, -0.2) is 4.79 Å². The second-order valence-electron chi connectivity index (χ2n) is 6.48. The van der Waals surface area contributed by atoms with Gasteiger partial charge in [0.2, 0.25) is 0 Å². The lowest BCUT2D eigenvalue weighted by molar-refractivity contribution is -0.122. The Hall–Kier alpha value is -2.82. The highest BCUT2D eigenvalue weighted by Crippen LogP contribution is 2.15. The van der Waals surface area contributed by atoms with Crippen molar-refractivity contribution in [3.8, 4) is 5.75 Å². The second-order valence-corrected chi connectivity index (χ2v) is 6.48. The minimum atomic E-state index is -0.643. The zero-order valence-corrected chi connectivity index (χ0v) is 16.2. The predicted molar refractivity (Wildman–Crippen MR) is 106 cm³/mol. The maximum absolute atomic E-state index is 12.3. The number of amides is 1. The van der Waals surface area contributed by atoms with Gasteiger partial charge in [-0.1, -0.05) is 37.5 Å². The van der Waals surface area contributed by atoms with Crippen LogP contribution in [0.5, 0.6) is 5.75 Å². The van der Waals surface area contributed by atoms with Crippen molar-refractivity contribution in [3.63, 3.8) is 0 Å². The first-order valence-corrected chi connectivity index (χ1v) is 9.31. The highest BCUT2D eigenvalue weighted by atomic mass is 16.5. The quantitative estimate of drug-likeness (QED) is 0.512. The maximum Gasteiger partial charge on any atom is 0.338 e. The predicted octanol–water partition coefficient (Wildman–Crippen LogP) is 4.75. The summed E-state index contributed by atoms with van der Waals surface area (Å²) in [4.78, 5) is 24.2. The van der Waals surface area contributed by atoms with E-state index in [9.17, 15) is 9.59 Å². The molecule has 2 rings (SSSR count). The van der Waals surface area contributed by atoms with Crippen molar-refractivity contribution in [2.45, 2.75) is 46.1 Å². The minimum absolute atomic E-state index is 0.259. The molecule has 2 aromatic carbocycles. The van der Waals surface area contributed by atoms with Gasteiger partial charge in [0.1, 0.15) is 5.75 Å². The fraction of sp³-hybridized carbons (Fsp3) is 0.364. The number of ether oxygens (including phenoxy) is 2. The number of carbonyl (C=O) groups is 2. The first-order chi connectivity index (χ1) is 13.0. The summed E-state index contributed by atoms with van der Waals surface area (Å²) in [5.41, 5.74) is 2.19. The topological polar surface area (TPSA) is 64.6 Å². The highest BCUT2D eigenvalue weighted by molar-refractivity contribution is 5.95. The monoisotopic (exact) mass is 369 g/mol. The van der Waals surface area contributed by atoms with E-state index >= 15 is 0 Å². The molecule has 0 aliphatic carbocycles. The van der Waals surface area contributed by atoms with Crippen molar-refractivity contribution in [2.75, 3.05) is 11.9 Å². The summed E-state index contributed by atoms with van der Waals surface area (Å²) >= 11 is 0. The normalized spacial score (nSPS) is 11.5. The Labute approximate surface area is 160 Å². The number of rotatable bonds is 9. The first kappa shape index (κ1) is 20.5. The molecule has 0 radical (unpaired) electrons. The van der Waals surface area contributed by atoms with E-state index in [0.717, 1.165) is 24.8 Å². The number of anilines is 1. The molecule has 5 nitrogen and oxygen atoms in total. The fourth-order valence-electron chi connectivity index (χ4n) is 2.41. The molecular formula is C22H27NO4. The second kappa shape index (κ2) is 10.4. The molecule has 5 heteroatoms. The van der Waals surface area contributed by atoms with Crippen LogP contribution in [0.15, 0.2) is 48.5 Å². The number of unbranched alkanes of at least 4 members (excludes halogenated alkanes) is 2. The van der Waals surface area contributed by atoms with E-state index < -0.39 is 6.10 Å². The molecule has 0 bridgehead atoms. The van der Waals surface area contributed by atoms with Gasteiger partial charge in [-0.2, -0.15) is 0 Å². The Morgan fingerprint density at radius 2 is 1.67 bits per heavy atom. The van der Waals surface area contributed by atoms with Gasteiger partial charge in [0.15, 0.2) is 6.10 Å². The number of hydrogen-bond donors (Lipinski definition) is 1. The van der Waals surface area contributed by atoms with E-state index in [2.05, 4.69) is 12.2 Å². The summed E-state index contributed by atoms with van der Waals surface area (Å²) in [6, 6.07) is 14.2. The third-order valence-electron chi connectivity index (χ3n) is 4.07. The molecule has 27 heavy (non-hydrogen) atoms. The van der Waals surface area contributed by atoms with Gasteiger partial charge in [0.25, 0.3) is 5.91 Å². The van der Waals surface area contributed by atoms with Crippen LogP contribution in [-0.2, 0) is 9.53 Å². The van der Waals surface area contributed by atoms with E-state index in [1.165, 1.54) is 0 Å². The third-order valence-corrected chi connectivity index (χ3v) is 4.07. The summed E-state index contributed by atoms with van der Waals surface area (Å²) in [6.07, 6.45) is 2.35. The summed E-state index contributed by atoms with van der Waals surface area (Å²) in [6.45, 7) is 6.21. The van der Waals surface area contributed by atoms with Crippen LogP contribution in [0.3, 0.4) is 0 Å². The minimum Gasteiger partial charge on any atom is -0.481 e. The largest absolute Gasteiger partial charge is 0.481 e. The molecule has 0 heterocycles. The third kappa shape index (κ3) is 6.77. The van der Waals surface area contributed by atoms with E-state index in [1.54, 1.807) is 31.2 Å². The number of nitrogens with one attached hydrogen (secondary N) is 1. The zero-order chi connectivity index (χ0) is 19.6. The van der Waals surface area contributed by atoms with Crippen LogP contribution >= 0.6 is 0 Å². The Morgan fingerprint density at radius 1 is 1.00 bits per heavy atom. The first-order valence-electron chi connectivity index (χ1n) is 9.31. The van der Waals surface area contributed by atoms with Gasteiger partial charge in [0.05, 0.1) is 12.2 Å². The summed E-state index contributed by atoms with van der Waals surface area (Å²) < 4.78 is 10.9. The average Bonchev–Trinajstić information content (AvgIpc) is 2.67. The van der Waals surface area contributed by atoms with Crippen LogP contribution in [0.1, 0.15) is 49.0 Å². The SMILES string of the molecule is CCCCCOC(=O)c1ccc(NC(=O)C(C)Oc2ccc(C)cc2)cc1. The molecule has 1 amide bonds. The van der Waals surface area contributed by atoms with E-state index in [-0.39, 0.29) is 11.9 Å². The molecular weight excluding hydrogens is 342 g/mol. The Balaban J connectivity index is 1.84. The van der Waals surface area contributed by atoms with E-state index in [4.69, 9.17) is 9.47 Å². The van der Waals surface area contributed by atoms with Crippen molar-refractivity contribution in [2.24, 2.45) is 0 Å². The zero-order valence-electron chi connectivity index (χ0n) is 16.2. The lowest BCUT2D eigenvalue weighted by Crippen LogP contribution is -2.30. The average molecular weight is 369 g/mol. The van der Waals surface area contributed by atoms with Crippen molar-refractivity contribution >= 4 is 17.6 Å². The number of esters is 1. The molecule has 2 aromatic rings. The fourth-order valence-corrected chi connectivity index (χ4v) is 2.41. The van der Waals surface area contributed by atoms with Gasteiger partial charge >= 0.3 is 5.97 Å². The highest BCUT2D eigenvalue weighted by Gasteiger charge is 2.15. The van der Waals surface area contributed by atoms with Crippen LogP contribution in [-0.4, -0.2) is 24.6 Å². The maximum atomic E-state index is 12.3. The molecule has 1 unspecified atom stereocenters. The van der Waals surface area contributed by atoms with Gasteiger partial charge in [-0.15, -0.1) is 0 Å². The van der Waals surface area contributed by atoms with Gasteiger partial charge in [-0.3, -0.25) is 4.79 Å². The van der Waals surface area contributed by atoms with Crippen LogP contribution in [0, 0.1) is 6.92 Å². The molecule has 1 N–H and O–H groups in total. The molecule has 144 valence electrons.